The van der Waals surface area contributed by atoms with Crippen LogP contribution < -0.4 is 5.32 Å². The molecule has 1 fully saturated rings. The van der Waals surface area contributed by atoms with Gasteiger partial charge >= 0.3 is 0 Å². The lowest BCUT2D eigenvalue weighted by molar-refractivity contribution is 0.642. The maximum Gasteiger partial charge on any atom is 0.157 e. The van der Waals surface area contributed by atoms with E-state index in [0.29, 0.717) is 18.2 Å². The van der Waals surface area contributed by atoms with E-state index in [1.807, 2.05) is 24.3 Å². The highest BCUT2D eigenvalue weighted by Crippen LogP contribution is 2.14. The summed E-state index contributed by atoms with van der Waals surface area (Å²) in [5.74, 6) is 1.13. The molecule has 0 aromatic heterocycles. The van der Waals surface area contributed by atoms with E-state index in [-0.39, 0.29) is 0 Å². The summed E-state index contributed by atoms with van der Waals surface area (Å²) in [4.78, 5) is 4.54. The number of thioether (sulfide) groups is 1. The van der Waals surface area contributed by atoms with Crippen LogP contribution in [0.3, 0.4) is 0 Å². The number of nitriles is 1. The molecule has 0 aliphatic carbocycles. The highest BCUT2D eigenvalue weighted by Gasteiger charge is 2.12. The minimum Gasteiger partial charge on any atom is -0.362 e. The zero-order valence-corrected chi connectivity index (χ0v) is 10.6. The Morgan fingerprint density at radius 3 is 3.24 bits per heavy atom. The minimum atomic E-state index is 0.514. The van der Waals surface area contributed by atoms with E-state index in [2.05, 4.69) is 23.3 Å². The van der Waals surface area contributed by atoms with Crippen LogP contribution in [0.4, 0.5) is 0 Å². The van der Waals surface area contributed by atoms with Crippen LogP contribution in [0.5, 0.6) is 0 Å². The first-order valence-corrected chi connectivity index (χ1v) is 6.69. The van der Waals surface area contributed by atoms with Gasteiger partial charge in [-0.1, -0.05) is 23.9 Å². The molecule has 1 atom stereocenters. The third-order valence-electron chi connectivity index (χ3n) is 2.62. The summed E-state index contributed by atoms with van der Waals surface area (Å²) in [5.41, 5.74) is 1.78. The van der Waals surface area contributed by atoms with E-state index in [9.17, 15) is 0 Å². The fourth-order valence-corrected chi connectivity index (χ4v) is 2.76. The molecule has 1 aromatic rings. The van der Waals surface area contributed by atoms with Crippen molar-refractivity contribution in [1.29, 1.82) is 5.26 Å². The molecule has 1 unspecified atom stereocenters. The molecule has 0 spiro atoms. The number of benzene rings is 1. The second-order valence-corrected chi connectivity index (χ2v) is 5.20. The fraction of sp³-hybridized carbons (Fsp3) is 0.385. The van der Waals surface area contributed by atoms with Crippen molar-refractivity contribution in [2.75, 3.05) is 5.75 Å². The van der Waals surface area contributed by atoms with Gasteiger partial charge in [0.25, 0.3) is 0 Å². The Morgan fingerprint density at radius 1 is 1.59 bits per heavy atom. The van der Waals surface area contributed by atoms with Crippen LogP contribution in [0.15, 0.2) is 29.3 Å². The number of nitrogens with one attached hydrogen (secondary N) is 1. The topological polar surface area (TPSA) is 48.2 Å². The lowest BCUT2D eigenvalue weighted by Crippen LogP contribution is -2.35. The molecule has 0 radical (unpaired) electrons. The third kappa shape index (κ3) is 3.50. The van der Waals surface area contributed by atoms with Crippen molar-refractivity contribution in [3.8, 4) is 6.07 Å². The van der Waals surface area contributed by atoms with Gasteiger partial charge in [0, 0.05) is 11.8 Å². The lowest BCUT2D eigenvalue weighted by atomic mass is 10.1. The number of amidine groups is 1. The van der Waals surface area contributed by atoms with Gasteiger partial charge in [0.2, 0.25) is 0 Å². The van der Waals surface area contributed by atoms with Crippen LogP contribution in [0.2, 0.25) is 0 Å². The summed E-state index contributed by atoms with van der Waals surface area (Å²) in [7, 11) is 0. The first-order chi connectivity index (χ1) is 8.28. The SMILES string of the molecule is CC1CCSC(=NCc2cccc(C#N)c2)N1. The predicted molar refractivity (Wildman–Crippen MR) is 72.0 cm³/mol. The second-order valence-electron chi connectivity index (χ2n) is 4.12. The van der Waals surface area contributed by atoms with Gasteiger partial charge in [0.15, 0.2) is 5.17 Å². The Morgan fingerprint density at radius 2 is 2.47 bits per heavy atom. The van der Waals surface area contributed by atoms with Gasteiger partial charge in [0.1, 0.15) is 0 Å². The van der Waals surface area contributed by atoms with Crippen LogP contribution in [-0.4, -0.2) is 17.0 Å². The maximum atomic E-state index is 8.81. The maximum absolute atomic E-state index is 8.81. The van der Waals surface area contributed by atoms with Gasteiger partial charge in [-0.2, -0.15) is 5.26 Å². The van der Waals surface area contributed by atoms with E-state index in [4.69, 9.17) is 5.26 Å². The van der Waals surface area contributed by atoms with Crippen LogP contribution in [0, 0.1) is 11.3 Å². The summed E-state index contributed by atoms with van der Waals surface area (Å²) in [5, 5.41) is 13.2. The molecule has 0 saturated carbocycles. The highest BCUT2D eigenvalue weighted by atomic mass is 32.2. The molecule has 1 aliphatic heterocycles. The molecular formula is C13H15N3S. The Kier molecular flexibility index (Phi) is 4.05. The Balaban J connectivity index is 2.01. The summed E-state index contributed by atoms with van der Waals surface area (Å²) < 4.78 is 0. The molecule has 1 heterocycles. The standard InChI is InChI=1S/C13H15N3S/c1-10-5-6-17-13(16-10)15-9-12-4-2-3-11(7-12)8-14/h2-4,7,10H,5-6,9H2,1H3,(H,15,16). The van der Waals surface area contributed by atoms with Crippen molar-refractivity contribution in [1.82, 2.24) is 5.32 Å². The first-order valence-electron chi connectivity index (χ1n) is 5.71. The zero-order chi connectivity index (χ0) is 12.1. The summed E-state index contributed by atoms with van der Waals surface area (Å²) >= 11 is 1.77. The molecule has 1 N–H and O–H groups in total. The Bertz CT molecular complexity index is 462. The normalized spacial score (nSPS) is 21.9. The van der Waals surface area contributed by atoms with E-state index in [1.165, 1.54) is 6.42 Å². The molecule has 4 heteroatoms. The van der Waals surface area contributed by atoms with E-state index in [0.717, 1.165) is 16.5 Å². The second kappa shape index (κ2) is 5.74. The number of rotatable bonds is 2. The van der Waals surface area contributed by atoms with Crippen molar-refractivity contribution in [2.45, 2.75) is 25.9 Å². The van der Waals surface area contributed by atoms with E-state index < -0.39 is 0 Å². The minimum absolute atomic E-state index is 0.514. The van der Waals surface area contributed by atoms with Gasteiger partial charge in [-0.3, -0.25) is 4.99 Å². The zero-order valence-electron chi connectivity index (χ0n) is 9.81. The van der Waals surface area contributed by atoms with Gasteiger partial charge in [-0.15, -0.1) is 0 Å². The molecule has 3 nitrogen and oxygen atoms in total. The van der Waals surface area contributed by atoms with Crippen molar-refractivity contribution in [3.63, 3.8) is 0 Å². The fourth-order valence-electron chi connectivity index (χ4n) is 1.65. The molecule has 2 rings (SSSR count). The Labute approximate surface area is 106 Å². The average Bonchev–Trinajstić information content (AvgIpc) is 2.37. The number of nitrogens with zero attached hydrogens (tertiary/aromatic N) is 2. The molecule has 0 amide bonds. The van der Waals surface area contributed by atoms with E-state index >= 15 is 0 Å². The predicted octanol–water partition coefficient (Wildman–Crippen LogP) is 2.53. The molecule has 88 valence electrons. The van der Waals surface area contributed by atoms with Crippen LogP contribution in [0.25, 0.3) is 0 Å². The van der Waals surface area contributed by atoms with Crippen molar-refractivity contribution < 1.29 is 0 Å². The summed E-state index contributed by atoms with van der Waals surface area (Å²) in [6.45, 7) is 2.81. The van der Waals surface area contributed by atoms with Crippen molar-refractivity contribution in [2.24, 2.45) is 4.99 Å². The quantitative estimate of drug-likeness (QED) is 0.871. The molecule has 0 bridgehead atoms. The summed E-state index contributed by atoms with van der Waals surface area (Å²) in [6, 6.07) is 10.3. The molecule has 1 saturated heterocycles. The number of hydrogen-bond donors (Lipinski definition) is 1. The lowest BCUT2D eigenvalue weighted by Gasteiger charge is -2.21. The van der Waals surface area contributed by atoms with Crippen molar-refractivity contribution in [3.05, 3.63) is 35.4 Å². The third-order valence-corrected chi connectivity index (χ3v) is 3.58. The van der Waals surface area contributed by atoms with E-state index in [1.54, 1.807) is 11.8 Å². The van der Waals surface area contributed by atoms with Gasteiger partial charge in [-0.25, -0.2) is 0 Å². The van der Waals surface area contributed by atoms with Crippen LogP contribution >= 0.6 is 11.8 Å². The van der Waals surface area contributed by atoms with Crippen LogP contribution in [-0.2, 0) is 6.54 Å². The number of aliphatic imine (C=N–C) groups is 1. The van der Waals surface area contributed by atoms with Gasteiger partial charge < -0.3 is 5.32 Å². The summed E-state index contributed by atoms with van der Waals surface area (Å²) in [6.07, 6.45) is 1.19. The molecule has 1 aromatic carbocycles. The Hall–Kier alpha value is -1.47. The van der Waals surface area contributed by atoms with Gasteiger partial charge in [0.05, 0.1) is 18.2 Å². The smallest absolute Gasteiger partial charge is 0.157 e. The monoisotopic (exact) mass is 245 g/mol. The average molecular weight is 245 g/mol. The van der Waals surface area contributed by atoms with Crippen LogP contribution in [0.1, 0.15) is 24.5 Å². The number of hydrogen-bond acceptors (Lipinski definition) is 3. The molecule has 1 aliphatic rings. The largest absolute Gasteiger partial charge is 0.362 e. The molecular weight excluding hydrogens is 230 g/mol. The molecule has 17 heavy (non-hydrogen) atoms. The highest BCUT2D eigenvalue weighted by molar-refractivity contribution is 8.13. The first kappa shape index (κ1) is 12.0. The van der Waals surface area contributed by atoms with Gasteiger partial charge in [-0.05, 0) is 31.0 Å². The van der Waals surface area contributed by atoms with Crippen molar-refractivity contribution >= 4 is 16.9 Å².